The van der Waals surface area contributed by atoms with Gasteiger partial charge in [0.15, 0.2) is 0 Å². The van der Waals surface area contributed by atoms with Crippen molar-refractivity contribution in [1.29, 1.82) is 0 Å². The summed E-state index contributed by atoms with van der Waals surface area (Å²) in [5.74, 6) is 0.774. The molecule has 2 heterocycles. The van der Waals surface area contributed by atoms with Gasteiger partial charge in [0.05, 0.1) is 20.4 Å². The molecular formula is C23H27ClN2O3S2. The molecule has 2 saturated heterocycles. The molecule has 1 spiro atoms. The van der Waals surface area contributed by atoms with E-state index in [1.807, 2.05) is 49.9 Å². The highest BCUT2D eigenvalue weighted by molar-refractivity contribution is 8.00. The lowest BCUT2D eigenvalue weighted by Crippen LogP contribution is -2.53. The lowest BCUT2D eigenvalue weighted by molar-refractivity contribution is 0.0605. The number of benzene rings is 2. The van der Waals surface area contributed by atoms with E-state index in [1.165, 1.54) is 0 Å². The smallest absolute Gasteiger partial charge is 0.256 e. The van der Waals surface area contributed by atoms with Crippen LogP contribution >= 0.6 is 23.4 Å². The minimum absolute atomic E-state index is 0.0721. The second-order valence-electron chi connectivity index (χ2n) is 8.36. The summed E-state index contributed by atoms with van der Waals surface area (Å²) in [6.45, 7) is 7.13. The van der Waals surface area contributed by atoms with E-state index in [0.717, 1.165) is 22.4 Å². The number of sulfonamides is 1. The van der Waals surface area contributed by atoms with E-state index in [4.69, 9.17) is 11.6 Å². The second-order valence-corrected chi connectivity index (χ2v) is 12.1. The van der Waals surface area contributed by atoms with Crippen LogP contribution < -0.4 is 0 Å². The molecule has 0 atom stereocenters. The van der Waals surface area contributed by atoms with Crippen molar-refractivity contribution < 1.29 is 13.2 Å². The van der Waals surface area contributed by atoms with Gasteiger partial charge < -0.3 is 4.90 Å². The number of piperidine rings is 1. The minimum atomic E-state index is -3.58. The normalized spacial score (nSPS) is 19.2. The molecule has 0 radical (unpaired) electrons. The zero-order valence-corrected chi connectivity index (χ0v) is 20.4. The van der Waals surface area contributed by atoms with Crippen molar-refractivity contribution >= 4 is 39.3 Å². The molecule has 1 amide bonds. The molecule has 2 fully saturated rings. The van der Waals surface area contributed by atoms with Gasteiger partial charge in [-0.05, 0) is 56.9 Å². The third-order valence-electron chi connectivity index (χ3n) is 6.23. The molecule has 0 N–H and O–H groups in total. The van der Waals surface area contributed by atoms with Crippen molar-refractivity contribution in [3.8, 4) is 0 Å². The number of halogens is 1. The van der Waals surface area contributed by atoms with E-state index in [9.17, 15) is 13.2 Å². The van der Waals surface area contributed by atoms with Gasteiger partial charge in [0.25, 0.3) is 5.91 Å². The Balaban J connectivity index is 1.56. The van der Waals surface area contributed by atoms with Crippen LogP contribution in [0.4, 0.5) is 0 Å². The van der Waals surface area contributed by atoms with Gasteiger partial charge in [-0.15, -0.1) is 11.8 Å². The predicted octanol–water partition coefficient (Wildman–Crippen LogP) is 4.64. The van der Waals surface area contributed by atoms with Gasteiger partial charge in [-0.25, -0.2) is 8.42 Å². The summed E-state index contributed by atoms with van der Waals surface area (Å²) in [5.41, 5.74) is 3.13. The van der Waals surface area contributed by atoms with Gasteiger partial charge in [-0.2, -0.15) is 4.31 Å². The highest BCUT2D eigenvalue weighted by atomic mass is 35.5. The molecular weight excluding hydrogens is 452 g/mol. The highest BCUT2D eigenvalue weighted by Gasteiger charge is 2.48. The van der Waals surface area contributed by atoms with Crippen molar-refractivity contribution in [3.05, 3.63) is 63.7 Å². The molecule has 0 unspecified atom stereocenters. The third-order valence-corrected chi connectivity index (χ3v) is 10.3. The topological polar surface area (TPSA) is 57.7 Å². The number of nitrogens with zero attached hydrogens (tertiary/aromatic N) is 2. The van der Waals surface area contributed by atoms with E-state index in [-0.39, 0.29) is 10.8 Å². The lowest BCUT2D eigenvalue weighted by atomic mass is 10.0. The first-order valence-electron chi connectivity index (χ1n) is 10.4. The fourth-order valence-electron chi connectivity index (χ4n) is 4.87. The Kier molecular flexibility index (Phi) is 6.16. The molecule has 166 valence electrons. The first-order chi connectivity index (χ1) is 14.7. The fourth-order valence-corrected chi connectivity index (χ4v) is 8.39. The second kappa shape index (κ2) is 8.43. The van der Waals surface area contributed by atoms with E-state index in [1.54, 1.807) is 28.2 Å². The molecule has 2 aliphatic heterocycles. The SMILES string of the molecule is Cc1cc(C)c(S(=O)(=O)N2CCC3(CC2)SCCN3C(=O)c2ccccc2Cl)c(C)c1. The van der Waals surface area contributed by atoms with E-state index >= 15 is 0 Å². The van der Waals surface area contributed by atoms with Crippen molar-refractivity contribution in [2.75, 3.05) is 25.4 Å². The number of thioether (sulfide) groups is 1. The maximum atomic E-state index is 13.4. The summed E-state index contributed by atoms with van der Waals surface area (Å²) in [6.07, 6.45) is 1.22. The summed E-state index contributed by atoms with van der Waals surface area (Å²) < 4.78 is 28.5. The van der Waals surface area contributed by atoms with Gasteiger partial charge in [0.2, 0.25) is 10.0 Å². The molecule has 5 nitrogen and oxygen atoms in total. The molecule has 8 heteroatoms. The Morgan fingerprint density at radius 3 is 2.26 bits per heavy atom. The molecule has 0 aromatic heterocycles. The number of hydrogen-bond donors (Lipinski definition) is 0. The van der Waals surface area contributed by atoms with Gasteiger partial charge in [-0.3, -0.25) is 4.79 Å². The molecule has 2 aromatic rings. The largest absolute Gasteiger partial charge is 0.323 e. The lowest BCUT2D eigenvalue weighted by Gasteiger charge is -2.43. The van der Waals surface area contributed by atoms with Crippen LogP contribution in [0.5, 0.6) is 0 Å². The summed E-state index contributed by atoms with van der Waals surface area (Å²) >= 11 is 8.03. The molecule has 0 aliphatic carbocycles. The Labute approximate surface area is 193 Å². The fraction of sp³-hybridized carbons (Fsp3) is 0.435. The van der Waals surface area contributed by atoms with Crippen LogP contribution in [-0.2, 0) is 10.0 Å². The Hall–Kier alpha value is -1.54. The molecule has 0 bridgehead atoms. The zero-order chi connectivity index (χ0) is 22.4. The maximum Gasteiger partial charge on any atom is 0.256 e. The maximum absolute atomic E-state index is 13.4. The quantitative estimate of drug-likeness (QED) is 0.645. The predicted molar refractivity (Wildman–Crippen MR) is 126 cm³/mol. The summed E-state index contributed by atoms with van der Waals surface area (Å²) in [7, 11) is -3.58. The van der Waals surface area contributed by atoms with Gasteiger partial charge in [0.1, 0.15) is 0 Å². The van der Waals surface area contributed by atoms with Gasteiger partial charge in [-0.1, -0.05) is 41.4 Å². The number of rotatable bonds is 3. The van der Waals surface area contributed by atoms with Crippen molar-refractivity contribution in [3.63, 3.8) is 0 Å². The number of amides is 1. The standard InChI is InChI=1S/C23H27ClN2O3S2/c1-16-14-17(2)21(18(3)15-16)31(28,29)25-10-8-23(9-11-25)26(12-13-30-23)22(27)19-6-4-5-7-20(19)24/h4-7,14-15H,8-13H2,1-3H3. The van der Waals surface area contributed by atoms with Crippen molar-refractivity contribution in [2.45, 2.75) is 43.4 Å². The molecule has 2 aliphatic rings. The Morgan fingerprint density at radius 2 is 1.65 bits per heavy atom. The number of carbonyl (C=O) groups is 1. The summed E-state index contributed by atoms with van der Waals surface area (Å²) in [4.78, 5) is 15.2. The molecule has 0 saturated carbocycles. The summed E-state index contributed by atoms with van der Waals surface area (Å²) in [6, 6.07) is 10.9. The van der Waals surface area contributed by atoms with E-state index in [2.05, 4.69) is 0 Å². The number of aryl methyl sites for hydroxylation is 3. The van der Waals surface area contributed by atoms with Crippen LogP contribution in [-0.4, -0.2) is 53.8 Å². The average molecular weight is 479 g/mol. The minimum Gasteiger partial charge on any atom is -0.323 e. The highest BCUT2D eigenvalue weighted by Crippen LogP contribution is 2.45. The zero-order valence-electron chi connectivity index (χ0n) is 18.0. The van der Waals surface area contributed by atoms with Crippen LogP contribution in [0.25, 0.3) is 0 Å². The van der Waals surface area contributed by atoms with Crippen LogP contribution in [0.1, 0.15) is 39.9 Å². The summed E-state index contributed by atoms with van der Waals surface area (Å²) in [5, 5.41) is 0.449. The van der Waals surface area contributed by atoms with E-state index in [0.29, 0.717) is 48.0 Å². The molecule has 4 rings (SSSR count). The Morgan fingerprint density at radius 1 is 1.03 bits per heavy atom. The Bertz CT molecular complexity index is 1100. The van der Waals surface area contributed by atoms with Crippen LogP contribution in [0, 0.1) is 20.8 Å². The number of carbonyl (C=O) groups excluding carboxylic acids is 1. The van der Waals surface area contributed by atoms with E-state index < -0.39 is 10.0 Å². The number of hydrogen-bond acceptors (Lipinski definition) is 4. The van der Waals surface area contributed by atoms with Crippen molar-refractivity contribution in [2.24, 2.45) is 0 Å². The molecule has 2 aromatic carbocycles. The first kappa shape index (κ1) is 22.6. The monoisotopic (exact) mass is 478 g/mol. The van der Waals surface area contributed by atoms with Crippen LogP contribution in [0.15, 0.2) is 41.3 Å². The van der Waals surface area contributed by atoms with Crippen molar-refractivity contribution in [1.82, 2.24) is 9.21 Å². The van der Waals surface area contributed by atoms with Crippen LogP contribution in [0.3, 0.4) is 0 Å². The van der Waals surface area contributed by atoms with Gasteiger partial charge >= 0.3 is 0 Å². The van der Waals surface area contributed by atoms with Crippen LogP contribution in [0.2, 0.25) is 5.02 Å². The third kappa shape index (κ3) is 4.01. The van der Waals surface area contributed by atoms with Gasteiger partial charge in [0, 0.05) is 25.4 Å². The first-order valence-corrected chi connectivity index (χ1v) is 13.2. The molecule has 31 heavy (non-hydrogen) atoms. The average Bonchev–Trinajstić information content (AvgIpc) is 3.10.